The highest BCUT2D eigenvalue weighted by molar-refractivity contribution is 8.01. The number of para-hydroxylation sites is 1. The smallest absolute Gasteiger partial charge is 0.307 e. The Balaban J connectivity index is 1.12. The van der Waals surface area contributed by atoms with Gasteiger partial charge in [0.15, 0.2) is 6.61 Å². The molecule has 4 aliphatic carbocycles. The second-order valence-electron chi connectivity index (χ2n) is 9.20. The second-order valence-corrected chi connectivity index (χ2v) is 10.4. The number of thioether (sulfide) groups is 1. The summed E-state index contributed by atoms with van der Waals surface area (Å²) in [5.74, 6) is 1.30. The normalized spacial score (nSPS) is 34.3. The van der Waals surface area contributed by atoms with Crippen LogP contribution in [0.5, 0.6) is 0 Å². The third kappa shape index (κ3) is 3.89. The van der Waals surface area contributed by atoms with E-state index in [4.69, 9.17) is 4.74 Å². The van der Waals surface area contributed by atoms with Crippen molar-refractivity contribution in [2.45, 2.75) is 60.6 Å². The maximum absolute atomic E-state index is 12.5. The van der Waals surface area contributed by atoms with Gasteiger partial charge in [0.25, 0.3) is 5.91 Å². The first-order valence-corrected chi connectivity index (χ1v) is 11.4. The predicted molar refractivity (Wildman–Crippen MR) is 109 cm³/mol. The van der Waals surface area contributed by atoms with E-state index in [9.17, 15) is 14.4 Å². The van der Waals surface area contributed by atoms with Gasteiger partial charge in [-0.3, -0.25) is 14.4 Å². The zero-order valence-electron chi connectivity index (χ0n) is 16.3. The Morgan fingerprint density at radius 2 is 1.76 bits per heavy atom. The standard InChI is InChI=1S/C22H26N2O4S/c25-19(24-22-9-13-5-14(10-22)7-15(6-13)11-22)12-28-20(26)8-18-21(27)23-16-3-1-2-4-17(16)29-18/h1-4,13-15,18H,5-12H2,(H,23,27)(H,24,25). The number of esters is 1. The van der Waals surface area contributed by atoms with Gasteiger partial charge in [-0.2, -0.15) is 0 Å². The molecular formula is C22H26N2O4S. The van der Waals surface area contributed by atoms with E-state index >= 15 is 0 Å². The average Bonchev–Trinajstić information content (AvgIpc) is 2.65. The van der Waals surface area contributed by atoms with Crippen LogP contribution < -0.4 is 10.6 Å². The Labute approximate surface area is 174 Å². The molecule has 154 valence electrons. The third-order valence-corrected chi connectivity index (χ3v) is 8.14. The van der Waals surface area contributed by atoms with Crippen LogP contribution in [0.4, 0.5) is 5.69 Å². The fourth-order valence-electron chi connectivity index (χ4n) is 6.18. The number of amides is 2. The number of nitrogens with one attached hydrogen (secondary N) is 2. The van der Waals surface area contributed by atoms with Crippen LogP contribution in [-0.2, 0) is 19.1 Å². The number of ether oxygens (including phenoxy) is 1. The molecule has 1 aromatic carbocycles. The van der Waals surface area contributed by atoms with E-state index in [0.717, 1.165) is 47.6 Å². The Bertz CT molecular complexity index is 820. The molecule has 7 heteroatoms. The molecule has 6 nitrogen and oxygen atoms in total. The van der Waals surface area contributed by atoms with Crippen molar-refractivity contribution in [3.8, 4) is 0 Å². The minimum atomic E-state index is -0.538. The van der Waals surface area contributed by atoms with Crippen molar-refractivity contribution in [3.05, 3.63) is 24.3 Å². The summed E-state index contributed by atoms with van der Waals surface area (Å²) < 4.78 is 5.21. The molecule has 2 amide bonds. The Morgan fingerprint density at radius 1 is 1.10 bits per heavy atom. The molecule has 4 saturated carbocycles. The van der Waals surface area contributed by atoms with Gasteiger partial charge in [0.1, 0.15) is 0 Å². The number of carbonyl (C=O) groups is 3. The van der Waals surface area contributed by atoms with E-state index in [1.54, 1.807) is 0 Å². The van der Waals surface area contributed by atoms with Crippen LogP contribution in [0, 0.1) is 17.8 Å². The molecule has 1 atom stereocenters. The summed E-state index contributed by atoms with van der Waals surface area (Å²) in [5.41, 5.74) is 0.684. The van der Waals surface area contributed by atoms with Crippen molar-refractivity contribution in [2.24, 2.45) is 17.8 Å². The van der Waals surface area contributed by atoms with Crippen molar-refractivity contribution in [3.63, 3.8) is 0 Å². The highest BCUT2D eigenvalue weighted by Crippen LogP contribution is 2.55. The number of hydrogen-bond acceptors (Lipinski definition) is 5. The summed E-state index contributed by atoms with van der Waals surface area (Å²) in [4.78, 5) is 37.9. The van der Waals surface area contributed by atoms with Crippen molar-refractivity contribution in [1.29, 1.82) is 0 Å². The summed E-state index contributed by atoms with van der Waals surface area (Å²) in [6.07, 6.45) is 7.09. The van der Waals surface area contributed by atoms with Crippen molar-refractivity contribution < 1.29 is 19.1 Å². The zero-order chi connectivity index (χ0) is 20.0. The number of anilines is 1. The lowest BCUT2D eigenvalue weighted by molar-refractivity contribution is -0.150. The summed E-state index contributed by atoms with van der Waals surface area (Å²) in [7, 11) is 0. The predicted octanol–water partition coefficient (Wildman–Crippen LogP) is 3.12. The highest BCUT2D eigenvalue weighted by Gasteiger charge is 2.51. The number of benzene rings is 1. The number of carbonyl (C=O) groups excluding carboxylic acids is 3. The molecule has 1 aromatic rings. The van der Waals surface area contributed by atoms with Gasteiger partial charge in [-0.15, -0.1) is 11.8 Å². The van der Waals surface area contributed by atoms with E-state index in [1.165, 1.54) is 31.0 Å². The molecular weight excluding hydrogens is 388 g/mol. The van der Waals surface area contributed by atoms with Gasteiger partial charge < -0.3 is 15.4 Å². The fraction of sp³-hybridized carbons (Fsp3) is 0.591. The maximum Gasteiger partial charge on any atom is 0.307 e. The first-order valence-electron chi connectivity index (χ1n) is 10.5. The lowest BCUT2D eigenvalue weighted by atomic mass is 9.53. The van der Waals surface area contributed by atoms with Gasteiger partial charge >= 0.3 is 5.97 Å². The van der Waals surface area contributed by atoms with E-state index in [0.29, 0.717) is 0 Å². The van der Waals surface area contributed by atoms with Crippen LogP contribution in [0.2, 0.25) is 0 Å². The molecule has 1 heterocycles. The van der Waals surface area contributed by atoms with Crippen LogP contribution in [-0.4, -0.2) is 35.2 Å². The molecule has 6 rings (SSSR count). The molecule has 1 aliphatic heterocycles. The largest absolute Gasteiger partial charge is 0.456 e. The quantitative estimate of drug-likeness (QED) is 0.723. The van der Waals surface area contributed by atoms with Gasteiger partial charge in [-0.1, -0.05) is 12.1 Å². The summed E-state index contributed by atoms with van der Waals surface area (Å²) in [6.45, 7) is -0.268. The average molecular weight is 415 g/mol. The van der Waals surface area contributed by atoms with E-state index in [1.807, 2.05) is 24.3 Å². The SMILES string of the molecule is O=C(COC(=O)CC1Sc2ccccc2NC1=O)NC12CC3CC(CC(C3)C1)C2. The van der Waals surface area contributed by atoms with Gasteiger partial charge in [0, 0.05) is 10.4 Å². The van der Waals surface area contributed by atoms with Crippen LogP contribution >= 0.6 is 11.8 Å². The lowest BCUT2D eigenvalue weighted by Gasteiger charge is -2.56. The summed E-state index contributed by atoms with van der Waals surface area (Å²) in [6, 6.07) is 7.50. The van der Waals surface area contributed by atoms with E-state index < -0.39 is 11.2 Å². The third-order valence-electron chi connectivity index (χ3n) is 6.87. The molecule has 29 heavy (non-hydrogen) atoms. The molecule has 0 saturated heterocycles. The van der Waals surface area contributed by atoms with Gasteiger partial charge in [0.2, 0.25) is 5.91 Å². The van der Waals surface area contributed by atoms with Crippen LogP contribution in [0.15, 0.2) is 29.2 Å². The van der Waals surface area contributed by atoms with Gasteiger partial charge in [-0.25, -0.2) is 0 Å². The second kappa shape index (κ2) is 7.35. The summed E-state index contributed by atoms with van der Waals surface area (Å²) >= 11 is 1.36. The minimum absolute atomic E-state index is 0.0462. The topological polar surface area (TPSA) is 84.5 Å². The minimum Gasteiger partial charge on any atom is -0.456 e. The molecule has 5 aliphatic rings. The van der Waals surface area contributed by atoms with Crippen molar-refractivity contribution in [1.82, 2.24) is 5.32 Å². The van der Waals surface area contributed by atoms with Gasteiger partial charge in [0.05, 0.1) is 17.4 Å². The highest BCUT2D eigenvalue weighted by atomic mass is 32.2. The van der Waals surface area contributed by atoms with E-state index in [-0.39, 0.29) is 30.4 Å². The Kier molecular flexibility index (Phi) is 4.81. The first-order chi connectivity index (χ1) is 14.0. The van der Waals surface area contributed by atoms with Crippen LogP contribution in [0.1, 0.15) is 44.9 Å². The molecule has 2 N–H and O–H groups in total. The van der Waals surface area contributed by atoms with Crippen LogP contribution in [0.25, 0.3) is 0 Å². The monoisotopic (exact) mass is 414 g/mol. The molecule has 4 bridgehead atoms. The number of rotatable bonds is 5. The Hall–Kier alpha value is -2.02. The molecule has 0 aromatic heterocycles. The number of fused-ring (bicyclic) bond motifs is 1. The molecule has 0 spiro atoms. The van der Waals surface area contributed by atoms with Crippen molar-refractivity contribution in [2.75, 3.05) is 11.9 Å². The maximum atomic E-state index is 12.5. The van der Waals surface area contributed by atoms with Gasteiger partial charge in [-0.05, 0) is 68.4 Å². The Morgan fingerprint density at radius 3 is 2.45 bits per heavy atom. The molecule has 1 unspecified atom stereocenters. The van der Waals surface area contributed by atoms with E-state index in [2.05, 4.69) is 10.6 Å². The zero-order valence-corrected chi connectivity index (χ0v) is 17.1. The lowest BCUT2D eigenvalue weighted by Crippen LogP contribution is -2.60. The summed E-state index contributed by atoms with van der Waals surface area (Å²) in [5, 5.41) is 5.49. The first kappa shape index (κ1) is 19.0. The molecule has 4 fully saturated rings. The van der Waals surface area contributed by atoms with Crippen molar-refractivity contribution >= 4 is 35.2 Å². The molecule has 0 radical (unpaired) electrons. The number of hydrogen-bond donors (Lipinski definition) is 2. The van der Waals surface area contributed by atoms with Crippen LogP contribution in [0.3, 0.4) is 0 Å². The fourth-order valence-corrected chi connectivity index (χ4v) is 7.27.